The molecule has 0 atom stereocenters. The van der Waals surface area contributed by atoms with Crippen LogP contribution in [-0.4, -0.2) is 9.55 Å². The molecular formula is C17H30N2. The van der Waals surface area contributed by atoms with E-state index < -0.39 is 0 Å². The lowest BCUT2D eigenvalue weighted by Gasteiger charge is -2.03. The number of rotatable bonds is 12. The maximum atomic E-state index is 4.24. The molecule has 2 heteroatoms. The Kier molecular flexibility index (Phi) is 9.13. The summed E-state index contributed by atoms with van der Waals surface area (Å²) in [5, 5.41) is 0. The summed E-state index contributed by atoms with van der Waals surface area (Å²) in [6.07, 6.45) is 19.7. The molecule has 2 nitrogen and oxygen atoms in total. The predicted molar refractivity (Wildman–Crippen MR) is 84.2 cm³/mol. The molecule has 0 bridgehead atoms. The average Bonchev–Trinajstić information content (AvgIpc) is 2.89. The summed E-state index contributed by atoms with van der Waals surface area (Å²) in [6.45, 7) is 7.10. The van der Waals surface area contributed by atoms with Crippen molar-refractivity contribution >= 4 is 6.08 Å². The van der Waals surface area contributed by atoms with Crippen molar-refractivity contribution in [2.45, 2.75) is 77.7 Å². The highest BCUT2D eigenvalue weighted by atomic mass is 15.0. The molecule has 1 rings (SSSR count). The molecule has 0 aromatic carbocycles. The molecular weight excluding hydrogens is 232 g/mol. The third-order valence-corrected chi connectivity index (χ3v) is 3.63. The van der Waals surface area contributed by atoms with Crippen LogP contribution in [-0.2, 0) is 6.54 Å². The molecule has 0 aliphatic rings. The van der Waals surface area contributed by atoms with Gasteiger partial charge in [0.15, 0.2) is 0 Å². The Morgan fingerprint density at radius 1 is 1.00 bits per heavy atom. The largest absolute Gasteiger partial charge is 0.337 e. The third kappa shape index (κ3) is 7.86. The van der Waals surface area contributed by atoms with Crippen LogP contribution < -0.4 is 0 Å². The maximum absolute atomic E-state index is 4.24. The van der Waals surface area contributed by atoms with Gasteiger partial charge in [0.05, 0.1) is 12.0 Å². The van der Waals surface area contributed by atoms with E-state index in [4.69, 9.17) is 0 Å². The minimum atomic E-state index is 0.979. The van der Waals surface area contributed by atoms with Crippen LogP contribution in [0.2, 0.25) is 0 Å². The summed E-state index contributed by atoms with van der Waals surface area (Å²) in [5.74, 6) is 0. The van der Waals surface area contributed by atoms with Gasteiger partial charge in [0, 0.05) is 12.7 Å². The van der Waals surface area contributed by atoms with Crippen molar-refractivity contribution in [1.29, 1.82) is 0 Å². The molecule has 1 heterocycles. The Labute approximate surface area is 118 Å². The van der Waals surface area contributed by atoms with E-state index in [0.717, 1.165) is 12.2 Å². The Bertz CT molecular complexity index is 328. The topological polar surface area (TPSA) is 17.8 Å². The predicted octanol–water partition coefficient (Wildman–Crippen LogP) is 5.45. The summed E-state index contributed by atoms with van der Waals surface area (Å²) in [6, 6.07) is 0. The fourth-order valence-corrected chi connectivity index (χ4v) is 2.39. The van der Waals surface area contributed by atoms with Crippen molar-refractivity contribution < 1.29 is 0 Å². The van der Waals surface area contributed by atoms with Gasteiger partial charge in [-0.15, -0.1) is 0 Å². The van der Waals surface area contributed by atoms with Crippen LogP contribution in [0.3, 0.4) is 0 Å². The molecule has 0 fully saturated rings. The van der Waals surface area contributed by atoms with E-state index in [1.54, 1.807) is 6.08 Å². The number of aromatic nitrogens is 2. The Hall–Kier alpha value is -1.05. The van der Waals surface area contributed by atoms with Gasteiger partial charge in [0.2, 0.25) is 0 Å². The van der Waals surface area contributed by atoms with Gasteiger partial charge in [-0.3, -0.25) is 0 Å². The van der Waals surface area contributed by atoms with Crippen molar-refractivity contribution in [2.75, 3.05) is 0 Å². The second-order valence-corrected chi connectivity index (χ2v) is 5.42. The van der Waals surface area contributed by atoms with Gasteiger partial charge < -0.3 is 4.57 Å². The van der Waals surface area contributed by atoms with E-state index in [1.165, 1.54) is 64.2 Å². The van der Waals surface area contributed by atoms with Crippen LogP contribution in [0.4, 0.5) is 0 Å². The molecule has 19 heavy (non-hydrogen) atoms. The van der Waals surface area contributed by atoms with Gasteiger partial charge in [-0.2, -0.15) is 0 Å². The van der Waals surface area contributed by atoms with E-state index in [-0.39, 0.29) is 0 Å². The molecule has 108 valence electrons. The highest BCUT2D eigenvalue weighted by Crippen LogP contribution is 2.11. The Morgan fingerprint density at radius 3 is 2.11 bits per heavy atom. The highest BCUT2D eigenvalue weighted by Gasteiger charge is 1.95. The standard InChI is InChI=1S/C17H30N2/c1-3-5-6-7-8-9-10-11-12-13-14-19-15-17(4-2)18-16-19/h4,15-16H,2-3,5-14H2,1H3. The van der Waals surface area contributed by atoms with Crippen LogP contribution in [0, 0.1) is 0 Å². The smallest absolute Gasteiger partial charge is 0.0953 e. The van der Waals surface area contributed by atoms with Crippen LogP contribution in [0.15, 0.2) is 19.1 Å². The first kappa shape index (κ1) is 16.0. The zero-order valence-corrected chi connectivity index (χ0v) is 12.6. The molecule has 0 amide bonds. The van der Waals surface area contributed by atoms with Gasteiger partial charge in [0.25, 0.3) is 0 Å². The lowest BCUT2D eigenvalue weighted by atomic mass is 10.1. The third-order valence-electron chi connectivity index (χ3n) is 3.63. The van der Waals surface area contributed by atoms with Crippen LogP contribution in [0.5, 0.6) is 0 Å². The fraction of sp³-hybridized carbons (Fsp3) is 0.706. The van der Waals surface area contributed by atoms with E-state index in [2.05, 4.69) is 29.3 Å². The second-order valence-electron chi connectivity index (χ2n) is 5.42. The summed E-state index contributed by atoms with van der Waals surface area (Å²) in [7, 11) is 0. The first-order chi connectivity index (χ1) is 9.36. The number of nitrogens with zero attached hydrogens (tertiary/aromatic N) is 2. The monoisotopic (exact) mass is 262 g/mol. The zero-order valence-electron chi connectivity index (χ0n) is 12.6. The molecule has 0 spiro atoms. The molecule has 0 unspecified atom stereocenters. The van der Waals surface area contributed by atoms with Crippen molar-refractivity contribution in [2.24, 2.45) is 0 Å². The number of unbranched alkanes of at least 4 members (excludes halogenated alkanes) is 9. The van der Waals surface area contributed by atoms with Gasteiger partial charge in [0.1, 0.15) is 0 Å². The zero-order chi connectivity index (χ0) is 13.8. The van der Waals surface area contributed by atoms with Gasteiger partial charge in [-0.1, -0.05) is 71.3 Å². The maximum Gasteiger partial charge on any atom is 0.0953 e. The molecule has 0 N–H and O–H groups in total. The van der Waals surface area contributed by atoms with Crippen LogP contribution in [0.25, 0.3) is 6.08 Å². The molecule has 0 saturated heterocycles. The fourth-order valence-electron chi connectivity index (χ4n) is 2.39. The quantitative estimate of drug-likeness (QED) is 0.458. The lowest BCUT2D eigenvalue weighted by molar-refractivity contribution is 0.534. The van der Waals surface area contributed by atoms with E-state index in [9.17, 15) is 0 Å². The van der Waals surface area contributed by atoms with Crippen molar-refractivity contribution in [3.63, 3.8) is 0 Å². The average molecular weight is 262 g/mol. The number of hydrogen-bond donors (Lipinski definition) is 0. The van der Waals surface area contributed by atoms with Gasteiger partial charge in [-0.25, -0.2) is 4.98 Å². The Balaban J connectivity index is 1.87. The molecule has 0 radical (unpaired) electrons. The van der Waals surface area contributed by atoms with Crippen molar-refractivity contribution in [1.82, 2.24) is 9.55 Å². The summed E-state index contributed by atoms with van der Waals surface area (Å²) < 4.78 is 2.17. The number of imidazole rings is 1. The van der Waals surface area contributed by atoms with E-state index >= 15 is 0 Å². The number of hydrogen-bond acceptors (Lipinski definition) is 1. The SMILES string of the molecule is C=Cc1cn(CCCCCCCCCCCC)cn1. The van der Waals surface area contributed by atoms with Crippen molar-refractivity contribution in [3.8, 4) is 0 Å². The normalized spacial score (nSPS) is 10.8. The molecule has 1 aromatic rings. The lowest BCUT2D eigenvalue weighted by Crippen LogP contribution is -1.94. The highest BCUT2D eigenvalue weighted by molar-refractivity contribution is 5.39. The summed E-state index contributed by atoms with van der Waals surface area (Å²) in [5.41, 5.74) is 0.979. The van der Waals surface area contributed by atoms with E-state index in [0.29, 0.717) is 0 Å². The molecule has 0 aliphatic carbocycles. The van der Waals surface area contributed by atoms with Crippen LogP contribution >= 0.6 is 0 Å². The summed E-state index contributed by atoms with van der Waals surface area (Å²) in [4.78, 5) is 4.24. The minimum Gasteiger partial charge on any atom is -0.337 e. The summed E-state index contributed by atoms with van der Waals surface area (Å²) >= 11 is 0. The molecule has 0 saturated carbocycles. The first-order valence-electron chi connectivity index (χ1n) is 8.01. The molecule has 1 aromatic heterocycles. The minimum absolute atomic E-state index is 0.979. The van der Waals surface area contributed by atoms with Gasteiger partial charge >= 0.3 is 0 Å². The first-order valence-corrected chi connectivity index (χ1v) is 8.01. The second kappa shape index (κ2) is 10.8. The van der Waals surface area contributed by atoms with Crippen LogP contribution in [0.1, 0.15) is 76.8 Å². The van der Waals surface area contributed by atoms with Gasteiger partial charge in [-0.05, 0) is 12.5 Å². The Morgan fingerprint density at radius 2 is 1.58 bits per heavy atom. The van der Waals surface area contributed by atoms with Crippen molar-refractivity contribution in [3.05, 3.63) is 24.8 Å². The molecule has 0 aliphatic heterocycles. The number of aryl methyl sites for hydroxylation is 1. The van der Waals surface area contributed by atoms with E-state index in [1.807, 2.05) is 6.33 Å².